The van der Waals surface area contributed by atoms with Crippen molar-refractivity contribution in [3.63, 3.8) is 0 Å². The summed E-state index contributed by atoms with van der Waals surface area (Å²) in [6.07, 6.45) is 4.81. The van der Waals surface area contributed by atoms with Crippen LogP contribution >= 0.6 is 0 Å². The van der Waals surface area contributed by atoms with Crippen LogP contribution in [0, 0.1) is 19.8 Å². The zero-order valence-electron chi connectivity index (χ0n) is 13.5. The van der Waals surface area contributed by atoms with E-state index in [1.54, 1.807) is 0 Å². The average Bonchev–Trinajstić information content (AvgIpc) is 2.35. The maximum Gasteiger partial charge on any atom is 0.120 e. The van der Waals surface area contributed by atoms with Gasteiger partial charge in [0.2, 0.25) is 0 Å². The lowest BCUT2D eigenvalue weighted by Gasteiger charge is -2.42. The van der Waals surface area contributed by atoms with Crippen LogP contribution in [-0.2, 0) is 0 Å². The van der Waals surface area contributed by atoms with E-state index in [0.717, 1.165) is 25.3 Å². The second-order valence-corrected chi connectivity index (χ2v) is 6.73. The van der Waals surface area contributed by atoms with Crippen LogP contribution in [0.3, 0.4) is 0 Å². The van der Waals surface area contributed by atoms with Crippen LogP contribution in [0.1, 0.15) is 50.7 Å². The Labute approximate surface area is 123 Å². The summed E-state index contributed by atoms with van der Waals surface area (Å²) in [5, 5.41) is 3.53. The molecule has 1 N–H and O–H groups in total. The molecule has 2 nitrogen and oxygen atoms in total. The van der Waals surface area contributed by atoms with Crippen molar-refractivity contribution in [2.24, 2.45) is 5.92 Å². The number of ether oxygens (including phenoxy) is 1. The number of aryl methyl sites for hydroxylation is 2. The van der Waals surface area contributed by atoms with E-state index < -0.39 is 0 Å². The maximum atomic E-state index is 6.34. The first-order valence-corrected chi connectivity index (χ1v) is 7.98. The summed E-state index contributed by atoms with van der Waals surface area (Å²) in [5.41, 5.74) is 2.74. The summed E-state index contributed by atoms with van der Waals surface area (Å²) in [4.78, 5) is 0. The fourth-order valence-corrected chi connectivity index (χ4v) is 2.71. The van der Waals surface area contributed by atoms with Crippen LogP contribution in [0.25, 0.3) is 0 Å². The molecule has 20 heavy (non-hydrogen) atoms. The van der Waals surface area contributed by atoms with Gasteiger partial charge in [-0.25, -0.2) is 0 Å². The Balaban J connectivity index is 1.88. The van der Waals surface area contributed by atoms with Gasteiger partial charge in [0.05, 0.1) is 0 Å². The summed E-state index contributed by atoms with van der Waals surface area (Å²) < 4.78 is 6.34. The van der Waals surface area contributed by atoms with Crippen molar-refractivity contribution in [1.29, 1.82) is 0 Å². The molecule has 0 unspecified atom stereocenters. The third-order valence-electron chi connectivity index (χ3n) is 4.39. The lowest BCUT2D eigenvalue weighted by molar-refractivity contribution is -0.0143. The second kappa shape index (κ2) is 6.62. The number of rotatable bonds is 7. The fraction of sp³-hybridized carbons (Fsp3) is 0.667. The molecule has 0 heterocycles. The molecule has 0 aromatic heterocycles. The molecule has 0 amide bonds. The van der Waals surface area contributed by atoms with Crippen molar-refractivity contribution >= 4 is 0 Å². The third-order valence-corrected chi connectivity index (χ3v) is 4.39. The normalized spacial score (nSPS) is 17.1. The van der Waals surface area contributed by atoms with Gasteiger partial charge in [0, 0.05) is 0 Å². The molecule has 1 aromatic carbocycles. The number of benzene rings is 1. The van der Waals surface area contributed by atoms with E-state index in [0.29, 0.717) is 5.92 Å². The first-order valence-electron chi connectivity index (χ1n) is 7.98. The summed E-state index contributed by atoms with van der Waals surface area (Å²) in [6, 6.07) is 6.45. The highest BCUT2D eigenvalue weighted by Gasteiger charge is 2.38. The summed E-state index contributed by atoms with van der Waals surface area (Å²) >= 11 is 0. The number of hydrogen-bond acceptors (Lipinski definition) is 2. The molecule has 0 radical (unpaired) electrons. The molecule has 1 aromatic rings. The van der Waals surface area contributed by atoms with Crippen molar-refractivity contribution in [3.8, 4) is 5.75 Å². The molecule has 1 fully saturated rings. The van der Waals surface area contributed by atoms with Crippen LogP contribution < -0.4 is 10.1 Å². The van der Waals surface area contributed by atoms with Crippen LogP contribution in [-0.4, -0.2) is 18.7 Å². The molecule has 0 saturated heterocycles. The zero-order chi connectivity index (χ0) is 14.6. The van der Waals surface area contributed by atoms with Crippen molar-refractivity contribution in [3.05, 3.63) is 29.3 Å². The highest BCUT2D eigenvalue weighted by atomic mass is 16.5. The molecule has 0 spiro atoms. The van der Waals surface area contributed by atoms with Gasteiger partial charge in [-0.1, -0.05) is 19.9 Å². The highest BCUT2D eigenvalue weighted by molar-refractivity contribution is 5.34. The zero-order valence-corrected chi connectivity index (χ0v) is 13.5. The van der Waals surface area contributed by atoms with E-state index in [1.165, 1.54) is 30.4 Å². The van der Waals surface area contributed by atoms with Crippen molar-refractivity contribution in [1.82, 2.24) is 5.32 Å². The van der Waals surface area contributed by atoms with E-state index >= 15 is 0 Å². The largest absolute Gasteiger partial charge is 0.487 e. The predicted octanol–water partition coefficient (Wildman–Crippen LogP) is 4.24. The minimum atomic E-state index is 0.0890. The Bertz CT molecular complexity index is 435. The van der Waals surface area contributed by atoms with Crippen molar-refractivity contribution in [2.45, 2.75) is 59.0 Å². The van der Waals surface area contributed by atoms with Gasteiger partial charge in [0.25, 0.3) is 0 Å². The van der Waals surface area contributed by atoms with Gasteiger partial charge in [0.1, 0.15) is 11.4 Å². The van der Waals surface area contributed by atoms with Gasteiger partial charge < -0.3 is 10.1 Å². The Hall–Kier alpha value is -1.02. The van der Waals surface area contributed by atoms with Gasteiger partial charge in [-0.2, -0.15) is 0 Å². The smallest absolute Gasteiger partial charge is 0.120 e. The highest BCUT2D eigenvalue weighted by Crippen LogP contribution is 2.39. The lowest BCUT2D eigenvalue weighted by Crippen LogP contribution is -2.45. The first-order chi connectivity index (χ1) is 9.51. The van der Waals surface area contributed by atoms with Crippen LogP contribution in [0.4, 0.5) is 0 Å². The topological polar surface area (TPSA) is 21.3 Å². The van der Waals surface area contributed by atoms with Crippen molar-refractivity contribution in [2.75, 3.05) is 13.1 Å². The molecular formula is C18H29NO. The molecule has 2 rings (SSSR count). The van der Waals surface area contributed by atoms with Gasteiger partial charge in [0.15, 0.2) is 0 Å². The quantitative estimate of drug-likeness (QED) is 0.751. The Morgan fingerprint density at radius 2 is 1.95 bits per heavy atom. The molecule has 2 heteroatoms. The molecule has 1 aliphatic rings. The Morgan fingerprint density at radius 3 is 2.50 bits per heavy atom. The molecular weight excluding hydrogens is 246 g/mol. The van der Waals surface area contributed by atoms with Crippen LogP contribution in [0.15, 0.2) is 18.2 Å². The molecule has 0 aliphatic heterocycles. The number of hydrogen-bond donors (Lipinski definition) is 1. The average molecular weight is 275 g/mol. The Kier molecular flexibility index (Phi) is 5.09. The van der Waals surface area contributed by atoms with E-state index in [4.69, 9.17) is 4.74 Å². The van der Waals surface area contributed by atoms with Gasteiger partial charge in [-0.3, -0.25) is 0 Å². The predicted molar refractivity (Wildman–Crippen MR) is 85.5 cm³/mol. The molecule has 1 aliphatic carbocycles. The molecule has 0 atom stereocenters. The lowest BCUT2D eigenvalue weighted by atomic mass is 9.77. The van der Waals surface area contributed by atoms with E-state index in [1.807, 2.05) is 0 Å². The van der Waals surface area contributed by atoms with Crippen LogP contribution in [0.2, 0.25) is 0 Å². The molecule has 1 saturated carbocycles. The summed E-state index contributed by atoms with van der Waals surface area (Å²) in [6.45, 7) is 11.0. The summed E-state index contributed by atoms with van der Waals surface area (Å²) in [5.74, 6) is 1.75. The summed E-state index contributed by atoms with van der Waals surface area (Å²) in [7, 11) is 0. The maximum absolute atomic E-state index is 6.34. The third kappa shape index (κ3) is 3.99. The van der Waals surface area contributed by atoms with Gasteiger partial charge >= 0.3 is 0 Å². The SMILES string of the molecule is Cc1ccc(OC2(CCNCC(C)C)CCC2)cc1C. The van der Waals surface area contributed by atoms with Crippen LogP contribution in [0.5, 0.6) is 5.75 Å². The van der Waals surface area contributed by atoms with E-state index in [-0.39, 0.29) is 5.60 Å². The molecule has 112 valence electrons. The van der Waals surface area contributed by atoms with E-state index in [2.05, 4.69) is 51.2 Å². The van der Waals surface area contributed by atoms with E-state index in [9.17, 15) is 0 Å². The minimum Gasteiger partial charge on any atom is -0.487 e. The fourth-order valence-electron chi connectivity index (χ4n) is 2.71. The first kappa shape index (κ1) is 15.4. The number of nitrogens with one attached hydrogen (secondary N) is 1. The molecule has 0 bridgehead atoms. The Morgan fingerprint density at radius 1 is 1.20 bits per heavy atom. The van der Waals surface area contributed by atoms with Gasteiger partial charge in [-0.15, -0.1) is 0 Å². The standard InChI is InChI=1S/C18H29NO/c1-14(2)13-19-11-10-18(8-5-9-18)20-17-7-6-15(3)16(4)12-17/h6-7,12,14,19H,5,8-11,13H2,1-4H3. The monoisotopic (exact) mass is 275 g/mol. The second-order valence-electron chi connectivity index (χ2n) is 6.73. The van der Waals surface area contributed by atoms with Crippen molar-refractivity contribution < 1.29 is 4.74 Å². The van der Waals surface area contributed by atoms with Gasteiger partial charge in [-0.05, 0) is 81.8 Å². The minimum absolute atomic E-state index is 0.0890.